The van der Waals surface area contributed by atoms with Gasteiger partial charge < -0.3 is 10.4 Å². The molecule has 0 radical (unpaired) electrons. The Morgan fingerprint density at radius 3 is 2.42 bits per heavy atom. The van der Waals surface area contributed by atoms with Crippen molar-refractivity contribution in [2.24, 2.45) is 11.3 Å². The molecule has 1 aliphatic rings. The Kier molecular flexibility index (Phi) is 5.00. The molecule has 0 spiro atoms. The second-order valence-electron chi connectivity index (χ2n) is 6.41. The first-order chi connectivity index (χ1) is 9.15. The van der Waals surface area contributed by atoms with Gasteiger partial charge in [-0.2, -0.15) is 0 Å². The Labute approximate surface area is 117 Å². The van der Waals surface area contributed by atoms with E-state index in [1.54, 1.807) is 0 Å². The van der Waals surface area contributed by atoms with Gasteiger partial charge in [0.1, 0.15) is 0 Å². The monoisotopic (exact) mass is 261 g/mol. The Balaban J connectivity index is 1.79. The van der Waals surface area contributed by atoms with Gasteiger partial charge in [0, 0.05) is 24.6 Å². The van der Waals surface area contributed by atoms with Crippen LogP contribution in [-0.4, -0.2) is 24.3 Å². The number of aryl methyl sites for hydroxylation is 1. The SMILES string of the molecule is CC(C)C(CCc1ccccc1)NCC1(CO)CC1. The molecule has 106 valence electrons. The molecule has 1 aromatic carbocycles. The Morgan fingerprint density at radius 2 is 1.89 bits per heavy atom. The zero-order valence-corrected chi connectivity index (χ0v) is 12.2. The molecule has 0 bridgehead atoms. The molecule has 2 nitrogen and oxygen atoms in total. The van der Waals surface area contributed by atoms with Gasteiger partial charge in [0.25, 0.3) is 0 Å². The zero-order chi connectivity index (χ0) is 13.7. The molecule has 19 heavy (non-hydrogen) atoms. The van der Waals surface area contributed by atoms with Gasteiger partial charge in [-0.3, -0.25) is 0 Å². The van der Waals surface area contributed by atoms with E-state index in [9.17, 15) is 5.11 Å². The topological polar surface area (TPSA) is 32.3 Å². The molecule has 0 heterocycles. The van der Waals surface area contributed by atoms with Crippen molar-refractivity contribution < 1.29 is 5.11 Å². The highest BCUT2D eigenvalue weighted by molar-refractivity contribution is 5.14. The number of hydrogen-bond donors (Lipinski definition) is 2. The minimum Gasteiger partial charge on any atom is -0.396 e. The van der Waals surface area contributed by atoms with Gasteiger partial charge in [-0.25, -0.2) is 0 Å². The lowest BCUT2D eigenvalue weighted by Gasteiger charge is -2.25. The van der Waals surface area contributed by atoms with Crippen LogP contribution in [0.25, 0.3) is 0 Å². The fraction of sp³-hybridized carbons (Fsp3) is 0.647. The van der Waals surface area contributed by atoms with E-state index in [1.165, 1.54) is 24.8 Å². The van der Waals surface area contributed by atoms with Gasteiger partial charge in [-0.1, -0.05) is 44.2 Å². The third-order valence-corrected chi connectivity index (χ3v) is 4.42. The molecule has 1 aliphatic carbocycles. The van der Waals surface area contributed by atoms with Gasteiger partial charge in [-0.15, -0.1) is 0 Å². The summed E-state index contributed by atoms with van der Waals surface area (Å²) in [6.07, 6.45) is 4.66. The Hall–Kier alpha value is -0.860. The highest BCUT2D eigenvalue weighted by Gasteiger charge is 2.41. The second kappa shape index (κ2) is 6.53. The number of hydrogen-bond acceptors (Lipinski definition) is 2. The van der Waals surface area contributed by atoms with Crippen molar-refractivity contribution in [3.63, 3.8) is 0 Å². The smallest absolute Gasteiger partial charge is 0.0499 e. The lowest BCUT2D eigenvalue weighted by Crippen LogP contribution is -2.39. The molecule has 2 rings (SSSR count). The largest absolute Gasteiger partial charge is 0.396 e. The highest BCUT2D eigenvalue weighted by atomic mass is 16.3. The minimum absolute atomic E-state index is 0.208. The average molecular weight is 261 g/mol. The standard InChI is InChI=1S/C17H27NO/c1-14(2)16(18-12-17(13-19)10-11-17)9-8-15-6-4-3-5-7-15/h3-7,14,16,18-19H,8-13H2,1-2H3. The molecular formula is C17H27NO. The molecule has 0 aliphatic heterocycles. The summed E-state index contributed by atoms with van der Waals surface area (Å²) in [6, 6.07) is 11.2. The van der Waals surface area contributed by atoms with Crippen LogP contribution in [0.3, 0.4) is 0 Å². The average Bonchev–Trinajstić information content (AvgIpc) is 3.20. The second-order valence-corrected chi connectivity index (χ2v) is 6.41. The number of rotatable bonds is 8. The van der Waals surface area contributed by atoms with Crippen LogP contribution in [0.1, 0.15) is 38.7 Å². The summed E-state index contributed by atoms with van der Waals surface area (Å²) in [6.45, 7) is 5.87. The third kappa shape index (κ3) is 4.32. The van der Waals surface area contributed by atoms with E-state index in [1.807, 2.05) is 0 Å². The lowest BCUT2D eigenvalue weighted by atomic mass is 9.95. The van der Waals surface area contributed by atoms with Crippen molar-refractivity contribution in [3.8, 4) is 0 Å². The van der Waals surface area contributed by atoms with Crippen molar-refractivity contribution in [2.75, 3.05) is 13.2 Å². The summed E-state index contributed by atoms with van der Waals surface area (Å²) >= 11 is 0. The molecule has 1 atom stereocenters. The van der Waals surface area contributed by atoms with Crippen LogP contribution in [0.15, 0.2) is 30.3 Å². The summed E-state index contributed by atoms with van der Waals surface area (Å²) < 4.78 is 0. The first kappa shape index (κ1) is 14.5. The van der Waals surface area contributed by atoms with Crippen LogP contribution in [0.4, 0.5) is 0 Å². The Bertz CT molecular complexity index is 370. The first-order valence-electron chi connectivity index (χ1n) is 7.53. The fourth-order valence-electron chi connectivity index (χ4n) is 2.55. The van der Waals surface area contributed by atoms with Gasteiger partial charge in [-0.05, 0) is 37.2 Å². The molecular weight excluding hydrogens is 234 g/mol. The molecule has 0 amide bonds. The molecule has 2 N–H and O–H groups in total. The molecule has 1 fully saturated rings. The molecule has 0 saturated heterocycles. The van der Waals surface area contributed by atoms with Crippen molar-refractivity contribution in [3.05, 3.63) is 35.9 Å². The Morgan fingerprint density at radius 1 is 1.21 bits per heavy atom. The highest BCUT2D eigenvalue weighted by Crippen LogP contribution is 2.44. The van der Waals surface area contributed by atoms with Crippen molar-refractivity contribution >= 4 is 0 Å². The summed E-state index contributed by atoms with van der Waals surface area (Å²) in [5.74, 6) is 0.637. The number of nitrogens with one attached hydrogen (secondary N) is 1. The van der Waals surface area contributed by atoms with E-state index >= 15 is 0 Å². The molecule has 0 aromatic heterocycles. The van der Waals surface area contributed by atoms with Gasteiger partial charge in [0.15, 0.2) is 0 Å². The van der Waals surface area contributed by atoms with E-state index < -0.39 is 0 Å². The van der Waals surface area contributed by atoms with E-state index in [4.69, 9.17) is 0 Å². The minimum atomic E-state index is 0.208. The van der Waals surface area contributed by atoms with E-state index in [0.717, 1.165) is 13.0 Å². The predicted molar refractivity (Wildman–Crippen MR) is 80.1 cm³/mol. The van der Waals surface area contributed by atoms with Crippen molar-refractivity contribution in [1.82, 2.24) is 5.32 Å². The normalized spacial score (nSPS) is 18.5. The third-order valence-electron chi connectivity index (χ3n) is 4.42. The van der Waals surface area contributed by atoms with Crippen LogP contribution in [0, 0.1) is 11.3 Å². The number of aliphatic hydroxyl groups is 1. The van der Waals surface area contributed by atoms with Gasteiger partial charge in [0.05, 0.1) is 0 Å². The lowest BCUT2D eigenvalue weighted by molar-refractivity contribution is 0.198. The van der Waals surface area contributed by atoms with E-state index in [-0.39, 0.29) is 5.41 Å². The molecule has 2 heteroatoms. The first-order valence-corrected chi connectivity index (χ1v) is 7.53. The number of aliphatic hydroxyl groups excluding tert-OH is 1. The van der Waals surface area contributed by atoms with Crippen LogP contribution in [0.5, 0.6) is 0 Å². The summed E-state index contributed by atoms with van der Waals surface area (Å²) in [4.78, 5) is 0. The summed E-state index contributed by atoms with van der Waals surface area (Å²) in [7, 11) is 0. The maximum atomic E-state index is 9.38. The van der Waals surface area contributed by atoms with Crippen LogP contribution >= 0.6 is 0 Å². The fourth-order valence-corrected chi connectivity index (χ4v) is 2.55. The molecule has 1 aromatic rings. The van der Waals surface area contributed by atoms with Crippen LogP contribution in [-0.2, 0) is 6.42 Å². The van der Waals surface area contributed by atoms with E-state index in [2.05, 4.69) is 49.5 Å². The summed E-state index contributed by atoms with van der Waals surface area (Å²) in [5.41, 5.74) is 1.62. The maximum absolute atomic E-state index is 9.38. The zero-order valence-electron chi connectivity index (χ0n) is 12.2. The van der Waals surface area contributed by atoms with Crippen molar-refractivity contribution in [2.45, 2.75) is 45.6 Å². The maximum Gasteiger partial charge on any atom is 0.0499 e. The summed E-state index contributed by atoms with van der Waals surface area (Å²) in [5, 5.41) is 13.1. The quantitative estimate of drug-likeness (QED) is 0.754. The van der Waals surface area contributed by atoms with Crippen LogP contribution < -0.4 is 5.32 Å². The molecule has 1 unspecified atom stereocenters. The number of benzene rings is 1. The van der Waals surface area contributed by atoms with Crippen LogP contribution in [0.2, 0.25) is 0 Å². The van der Waals surface area contributed by atoms with Gasteiger partial charge >= 0.3 is 0 Å². The molecule has 1 saturated carbocycles. The predicted octanol–water partition coefficient (Wildman–Crippen LogP) is 3.01. The van der Waals surface area contributed by atoms with Gasteiger partial charge in [0.2, 0.25) is 0 Å². The van der Waals surface area contributed by atoms with Crippen molar-refractivity contribution in [1.29, 1.82) is 0 Å². The van der Waals surface area contributed by atoms with E-state index in [0.29, 0.717) is 18.6 Å².